The van der Waals surface area contributed by atoms with Gasteiger partial charge >= 0.3 is 35.8 Å². The Kier molecular flexibility index (Phi) is 12.8. The number of esters is 6. The van der Waals surface area contributed by atoms with Crippen LogP contribution < -0.4 is 0 Å². The third-order valence-corrected chi connectivity index (χ3v) is 6.48. The minimum absolute atomic E-state index is 0.00105. The van der Waals surface area contributed by atoms with Gasteiger partial charge in [0.2, 0.25) is 0 Å². The normalized spacial score (nSPS) is 11.0. The van der Waals surface area contributed by atoms with Crippen molar-refractivity contribution in [3.05, 3.63) is 106 Å². The van der Waals surface area contributed by atoms with Gasteiger partial charge in [0, 0.05) is 0 Å². The summed E-state index contributed by atoms with van der Waals surface area (Å²) < 4.78 is 30.5. The molecule has 0 aliphatic rings. The fourth-order valence-corrected chi connectivity index (χ4v) is 4.20. The number of benzene rings is 3. The molecular weight excluding hydrogens is 588 g/mol. The van der Waals surface area contributed by atoms with Gasteiger partial charge in [-0.3, -0.25) is 0 Å². The van der Waals surface area contributed by atoms with Crippen molar-refractivity contribution < 1.29 is 57.2 Å². The third-order valence-electron chi connectivity index (χ3n) is 6.48. The fourth-order valence-electron chi connectivity index (χ4n) is 4.20. The summed E-state index contributed by atoms with van der Waals surface area (Å²) >= 11 is 0. The van der Waals surface area contributed by atoms with E-state index in [-0.39, 0.29) is 53.0 Å². The van der Waals surface area contributed by atoms with Crippen LogP contribution in [0.25, 0.3) is 0 Å². The second-order valence-corrected chi connectivity index (χ2v) is 9.37. The first-order valence-corrected chi connectivity index (χ1v) is 13.8. The van der Waals surface area contributed by atoms with E-state index in [0.717, 1.165) is 0 Å². The van der Waals surface area contributed by atoms with Crippen LogP contribution in [0.2, 0.25) is 0 Å². The second-order valence-electron chi connectivity index (χ2n) is 9.37. The van der Waals surface area contributed by atoms with Gasteiger partial charge in [0.15, 0.2) is 0 Å². The third kappa shape index (κ3) is 9.23. The molecule has 12 heteroatoms. The highest BCUT2D eigenvalue weighted by atomic mass is 16.6. The number of hydrogen-bond donors (Lipinski definition) is 0. The Morgan fingerprint density at radius 2 is 0.844 bits per heavy atom. The first kappa shape index (κ1) is 34.0. The van der Waals surface area contributed by atoms with E-state index in [1.165, 1.54) is 57.7 Å². The molecule has 3 aromatic carbocycles. The minimum atomic E-state index is -0.979. The van der Waals surface area contributed by atoms with Gasteiger partial charge in [-0.2, -0.15) is 0 Å². The topological polar surface area (TPSA) is 158 Å². The lowest BCUT2D eigenvalue weighted by atomic mass is 10.1. The zero-order chi connectivity index (χ0) is 32.8. The lowest BCUT2D eigenvalue weighted by Crippen LogP contribution is -2.27. The van der Waals surface area contributed by atoms with Crippen molar-refractivity contribution >= 4 is 35.8 Å². The van der Waals surface area contributed by atoms with Crippen LogP contribution in [0.4, 0.5) is 0 Å². The Labute approximate surface area is 259 Å². The van der Waals surface area contributed by atoms with Gasteiger partial charge in [0.25, 0.3) is 0 Å². The predicted octanol–water partition coefficient (Wildman–Crippen LogP) is 4.46. The lowest BCUT2D eigenvalue weighted by Gasteiger charge is -2.19. The van der Waals surface area contributed by atoms with Crippen LogP contribution >= 0.6 is 0 Å². The van der Waals surface area contributed by atoms with Crippen LogP contribution in [0.15, 0.2) is 72.8 Å². The van der Waals surface area contributed by atoms with Crippen molar-refractivity contribution in [3.8, 4) is 0 Å². The van der Waals surface area contributed by atoms with Gasteiger partial charge in [-0.15, -0.1) is 0 Å². The summed E-state index contributed by atoms with van der Waals surface area (Å²) in [6.45, 7) is -0.404. The van der Waals surface area contributed by atoms with Crippen molar-refractivity contribution in [2.45, 2.75) is 25.4 Å². The lowest BCUT2D eigenvalue weighted by molar-refractivity contribution is -0.00405. The van der Waals surface area contributed by atoms with Crippen LogP contribution in [0.3, 0.4) is 0 Å². The van der Waals surface area contributed by atoms with E-state index in [4.69, 9.17) is 28.4 Å². The summed E-state index contributed by atoms with van der Waals surface area (Å²) in [7, 11) is 3.57. The standard InChI is InChI=1S/C33H32O12/c1-40-28(34)22-13-4-7-16-25(22)31(37)43-19-11-10-12-21(45-33(39)27-18-9-6-15-24(27)30(36)42-3)20-44-32(38)26-17-8-5-14-23(26)29(35)41-2/h4-9,13-18,21H,10-12,19-20H2,1-3H3. The maximum atomic E-state index is 13.1. The first-order valence-electron chi connectivity index (χ1n) is 13.8. The predicted molar refractivity (Wildman–Crippen MR) is 157 cm³/mol. The van der Waals surface area contributed by atoms with E-state index in [0.29, 0.717) is 12.8 Å². The highest BCUT2D eigenvalue weighted by molar-refractivity contribution is 6.04. The van der Waals surface area contributed by atoms with E-state index >= 15 is 0 Å². The molecule has 0 fully saturated rings. The van der Waals surface area contributed by atoms with E-state index in [1.54, 1.807) is 36.4 Å². The van der Waals surface area contributed by atoms with E-state index in [1.807, 2.05) is 0 Å². The van der Waals surface area contributed by atoms with E-state index in [9.17, 15) is 28.8 Å². The quantitative estimate of drug-likeness (QED) is 0.142. The van der Waals surface area contributed by atoms with Gasteiger partial charge in [-0.1, -0.05) is 36.4 Å². The van der Waals surface area contributed by atoms with Gasteiger partial charge in [-0.05, 0) is 55.7 Å². The molecule has 0 amide bonds. The molecule has 0 aromatic heterocycles. The summed E-state index contributed by atoms with van der Waals surface area (Å²) in [5, 5.41) is 0. The zero-order valence-corrected chi connectivity index (χ0v) is 24.9. The number of carbonyl (C=O) groups excluding carboxylic acids is 6. The van der Waals surface area contributed by atoms with Crippen molar-refractivity contribution in [2.24, 2.45) is 0 Å². The monoisotopic (exact) mass is 620 g/mol. The van der Waals surface area contributed by atoms with Crippen molar-refractivity contribution in [3.63, 3.8) is 0 Å². The molecule has 0 saturated heterocycles. The van der Waals surface area contributed by atoms with E-state index < -0.39 is 41.9 Å². The van der Waals surface area contributed by atoms with Crippen LogP contribution in [0.1, 0.15) is 81.4 Å². The molecule has 0 spiro atoms. The first-order chi connectivity index (χ1) is 21.7. The minimum Gasteiger partial charge on any atom is -0.465 e. The van der Waals surface area contributed by atoms with Gasteiger partial charge in [-0.25, -0.2) is 28.8 Å². The smallest absolute Gasteiger partial charge is 0.339 e. The number of unbranched alkanes of at least 4 members (excludes halogenated alkanes) is 1. The van der Waals surface area contributed by atoms with Crippen LogP contribution in [0.5, 0.6) is 0 Å². The molecule has 12 nitrogen and oxygen atoms in total. The summed E-state index contributed by atoms with van der Waals surface area (Å²) in [6.07, 6.45) is -0.112. The van der Waals surface area contributed by atoms with E-state index in [2.05, 4.69) is 0 Å². The molecule has 0 N–H and O–H groups in total. The highest BCUT2D eigenvalue weighted by Crippen LogP contribution is 2.18. The number of carbonyl (C=O) groups is 6. The summed E-state index contributed by atoms with van der Waals surface area (Å²) in [5.74, 6) is -4.54. The molecule has 0 heterocycles. The van der Waals surface area contributed by atoms with Gasteiger partial charge < -0.3 is 28.4 Å². The maximum Gasteiger partial charge on any atom is 0.339 e. The Morgan fingerprint density at radius 3 is 1.24 bits per heavy atom. The highest BCUT2D eigenvalue weighted by Gasteiger charge is 2.25. The molecule has 0 radical (unpaired) electrons. The molecule has 0 bridgehead atoms. The van der Waals surface area contributed by atoms with Gasteiger partial charge in [0.05, 0.1) is 61.3 Å². The Morgan fingerprint density at radius 1 is 0.489 bits per heavy atom. The number of ether oxygens (including phenoxy) is 6. The van der Waals surface area contributed by atoms with Crippen molar-refractivity contribution in [1.29, 1.82) is 0 Å². The molecule has 3 rings (SSSR count). The van der Waals surface area contributed by atoms with Crippen molar-refractivity contribution in [2.75, 3.05) is 34.5 Å². The number of hydrogen-bond acceptors (Lipinski definition) is 12. The zero-order valence-electron chi connectivity index (χ0n) is 24.9. The Balaban J connectivity index is 1.68. The van der Waals surface area contributed by atoms with Crippen LogP contribution in [-0.2, 0) is 28.4 Å². The summed E-state index contributed by atoms with van der Waals surface area (Å²) in [4.78, 5) is 74.8. The average Bonchev–Trinajstić information content (AvgIpc) is 3.08. The second kappa shape index (κ2) is 16.9. The van der Waals surface area contributed by atoms with Crippen molar-refractivity contribution in [1.82, 2.24) is 0 Å². The molecule has 0 saturated carbocycles. The average molecular weight is 621 g/mol. The van der Waals surface area contributed by atoms with Crippen LogP contribution in [0, 0.1) is 0 Å². The van der Waals surface area contributed by atoms with Gasteiger partial charge in [0.1, 0.15) is 12.7 Å². The SMILES string of the molecule is COC(=O)c1ccccc1C(=O)OCCCCC(COC(=O)c1ccccc1C(=O)OC)OC(=O)c1ccccc1C(=O)OC. The molecule has 1 atom stereocenters. The molecule has 1 unspecified atom stereocenters. The molecule has 0 aliphatic heterocycles. The summed E-state index contributed by atoms with van der Waals surface area (Å²) in [6, 6.07) is 17.9. The largest absolute Gasteiger partial charge is 0.465 e. The molecular formula is C33H32O12. The fraction of sp³-hybridized carbons (Fsp3) is 0.273. The molecule has 236 valence electrons. The summed E-state index contributed by atoms with van der Waals surface area (Å²) in [5.41, 5.74) is 0.0342. The molecule has 45 heavy (non-hydrogen) atoms. The number of rotatable bonds is 14. The van der Waals surface area contributed by atoms with Crippen LogP contribution in [-0.4, -0.2) is 76.5 Å². The molecule has 0 aliphatic carbocycles. The Hall–Kier alpha value is -5.52. The molecule has 3 aromatic rings. The maximum absolute atomic E-state index is 13.1. The Bertz CT molecular complexity index is 1540. The number of methoxy groups -OCH3 is 3.